The molecule has 0 saturated carbocycles. The van der Waals surface area contributed by atoms with Crippen LogP contribution in [-0.4, -0.2) is 53.8 Å². The van der Waals surface area contributed by atoms with Crippen LogP contribution in [0.3, 0.4) is 0 Å². The summed E-state index contributed by atoms with van der Waals surface area (Å²) in [6.07, 6.45) is 0.399. The first kappa shape index (κ1) is 24.0. The molecule has 1 heterocycles. The van der Waals surface area contributed by atoms with Crippen LogP contribution in [0.2, 0.25) is 5.28 Å². The number of aromatic nitrogens is 2. The standard InChI is InChI=1S/C19H29ClN4O4/c1-7-26-15(27-8-2)10-9-14-12-21-17(20)24-16(14)23-13(3)11-22-18(25)28-19(4,5)6/h12-13,15H,7-8,11H2,1-6H3,(H,22,25)(H,21,23,24)/t13-/m0/s1. The lowest BCUT2D eigenvalue weighted by molar-refractivity contribution is -0.0969. The molecule has 0 saturated heterocycles. The second-order valence-corrected chi connectivity index (χ2v) is 7.18. The van der Waals surface area contributed by atoms with Crippen molar-refractivity contribution < 1.29 is 19.0 Å². The summed E-state index contributed by atoms with van der Waals surface area (Å²) >= 11 is 5.91. The Bertz CT molecular complexity index is 691. The highest BCUT2D eigenvalue weighted by atomic mass is 35.5. The normalized spacial score (nSPS) is 12.1. The van der Waals surface area contributed by atoms with Crippen LogP contribution in [0, 0.1) is 11.8 Å². The maximum absolute atomic E-state index is 11.8. The third-order valence-electron chi connectivity index (χ3n) is 3.05. The average molecular weight is 413 g/mol. The molecule has 0 unspecified atom stereocenters. The molecule has 1 aromatic rings. The number of nitrogens with zero attached hydrogens (tertiary/aromatic N) is 2. The van der Waals surface area contributed by atoms with Crippen molar-refractivity contribution in [2.45, 2.75) is 59.5 Å². The Balaban J connectivity index is 2.80. The summed E-state index contributed by atoms with van der Waals surface area (Å²) in [4.78, 5) is 19.9. The molecule has 1 aromatic heterocycles. The first-order valence-corrected chi connectivity index (χ1v) is 9.53. The summed E-state index contributed by atoms with van der Waals surface area (Å²) in [5, 5.41) is 5.96. The summed E-state index contributed by atoms with van der Waals surface area (Å²) in [7, 11) is 0. The van der Waals surface area contributed by atoms with Crippen molar-refractivity contribution in [3.05, 3.63) is 17.0 Å². The molecule has 8 nitrogen and oxygen atoms in total. The predicted octanol–water partition coefficient (Wildman–Crippen LogP) is 3.21. The van der Waals surface area contributed by atoms with E-state index in [0.717, 1.165) is 0 Å². The summed E-state index contributed by atoms with van der Waals surface area (Å²) in [5.41, 5.74) is -0.0145. The van der Waals surface area contributed by atoms with E-state index in [4.69, 9.17) is 25.8 Å². The number of nitrogens with one attached hydrogen (secondary N) is 2. The fourth-order valence-corrected chi connectivity index (χ4v) is 2.10. The van der Waals surface area contributed by atoms with Gasteiger partial charge in [-0.05, 0) is 59.1 Å². The van der Waals surface area contributed by atoms with Crippen molar-refractivity contribution in [1.29, 1.82) is 0 Å². The Morgan fingerprint density at radius 2 is 1.93 bits per heavy atom. The van der Waals surface area contributed by atoms with Gasteiger partial charge in [0.1, 0.15) is 11.4 Å². The molecule has 0 aromatic carbocycles. The lowest BCUT2D eigenvalue weighted by Crippen LogP contribution is -2.38. The third kappa shape index (κ3) is 9.74. The smallest absolute Gasteiger partial charge is 0.407 e. The maximum Gasteiger partial charge on any atom is 0.407 e. The molecule has 0 spiro atoms. The molecule has 0 bridgehead atoms. The summed E-state index contributed by atoms with van der Waals surface area (Å²) < 4.78 is 16.0. The van der Waals surface area contributed by atoms with Gasteiger partial charge >= 0.3 is 6.09 Å². The van der Waals surface area contributed by atoms with Crippen molar-refractivity contribution in [3.8, 4) is 11.8 Å². The van der Waals surface area contributed by atoms with Gasteiger partial charge in [-0.2, -0.15) is 4.98 Å². The minimum absolute atomic E-state index is 0.0894. The van der Waals surface area contributed by atoms with Gasteiger partial charge in [-0.15, -0.1) is 0 Å². The van der Waals surface area contributed by atoms with E-state index in [0.29, 0.717) is 31.1 Å². The van der Waals surface area contributed by atoms with E-state index in [-0.39, 0.29) is 11.3 Å². The number of alkyl carbamates (subject to hydrolysis) is 1. The zero-order valence-corrected chi connectivity index (χ0v) is 18.0. The number of rotatable bonds is 8. The van der Waals surface area contributed by atoms with Crippen LogP contribution < -0.4 is 10.6 Å². The van der Waals surface area contributed by atoms with Gasteiger partial charge in [-0.25, -0.2) is 9.78 Å². The highest BCUT2D eigenvalue weighted by Gasteiger charge is 2.17. The fourth-order valence-electron chi connectivity index (χ4n) is 1.97. The van der Waals surface area contributed by atoms with Gasteiger partial charge < -0.3 is 24.8 Å². The van der Waals surface area contributed by atoms with Gasteiger partial charge in [0.15, 0.2) is 0 Å². The first-order valence-electron chi connectivity index (χ1n) is 9.15. The Morgan fingerprint density at radius 3 is 2.50 bits per heavy atom. The molecular weight excluding hydrogens is 384 g/mol. The summed E-state index contributed by atoms with van der Waals surface area (Å²) in [6, 6.07) is -0.159. The average Bonchev–Trinajstić information content (AvgIpc) is 2.58. The van der Waals surface area contributed by atoms with Crippen LogP contribution in [-0.2, 0) is 14.2 Å². The van der Waals surface area contributed by atoms with E-state index in [2.05, 4.69) is 32.4 Å². The predicted molar refractivity (Wildman–Crippen MR) is 108 cm³/mol. The van der Waals surface area contributed by atoms with Crippen molar-refractivity contribution in [1.82, 2.24) is 15.3 Å². The van der Waals surface area contributed by atoms with Crippen LogP contribution in [0.5, 0.6) is 0 Å². The van der Waals surface area contributed by atoms with Crippen LogP contribution in [0.1, 0.15) is 47.1 Å². The summed E-state index contributed by atoms with van der Waals surface area (Å²) in [6.45, 7) is 12.3. The van der Waals surface area contributed by atoms with Gasteiger partial charge in [0.05, 0.1) is 5.56 Å². The van der Waals surface area contributed by atoms with E-state index in [1.165, 1.54) is 6.20 Å². The van der Waals surface area contributed by atoms with Gasteiger partial charge in [0.2, 0.25) is 11.6 Å². The van der Waals surface area contributed by atoms with Crippen LogP contribution in [0.25, 0.3) is 0 Å². The Kier molecular flexibility index (Phi) is 10.0. The molecule has 28 heavy (non-hydrogen) atoms. The van der Waals surface area contributed by atoms with E-state index in [9.17, 15) is 4.79 Å². The number of anilines is 1. The van der Waals surface area contributed by atoms with E-state index >= 15 is 0 Å². The van der Waals surface area contributed by atoms with Crippen molar-refractivity contribution in [2.75, 3.05) is 25.1 Å². The van der Waals surface area contributed by atoms with Gasteiger partial charge in [0, 0.05) is 32.0 Å². The van der Waals surface area contributed by atoms with E-state index in [1.54, 1.807) is 20.8 Å². The zero-order chi connectivity index (χ0) is 21.2. The Morgan fingerprint density at radius 1 is 1.29 bits per heavy atom. The largest absolute Gasteiger partial charge is 0.444 e. The summed E-state index contributed by atoms with van der Waals surface area (Å²) in [5.74, 6) is 6.31. The lowest BCUT2D eigenvalue weighted by Gasteiger charge is -2.21. The SMILES string of the molecule is CCOC(C#Cc1cnc(Cl)nc1N[C@@H](C)CNC(=O)OC(C)(C)C)OCC. The Labute approximate surface area is 171 Å². The number of ether oxygens (including phenoxy) is 3. The van der Waals surface area contributed by atoms with E-state index < -0.39 is 18.0 Å². The molecule has 0 radical (unpaired) electrons. The number of hydrogen-bond donors (Lipinski definition) is 2. The fraction of sp³-hybridized carbons (Fsp3) is 0.632. The highest BCUT2D eigenvalue weighted by molar-refractivity contribution is 6.28. The molecule has 0 aliphatic rings. The monoisotopic (exact) mass is 412 g/mol. The van der Waals surface area contributed by atoms with Crippen molar-refractivity contribution in [2.24, 2.45) is 0 Å². The number of hydrogen-bond acceptors (Lipinski definition) is 7. The quantitative estimate of drug-likeness (QED) is 0.384. The molecule has 1 amide bonds. The molecule has 0 fully saturated rings. The molecule has 0 aliphatic heterocycles. The minimum atomic E-state index is -0.634. The molecule has 9 heteroatoms. The van der Waals surface area contributed by atoms with Crippen molar-refractivity contribution >= 4 is 23.5 Å². The van der Waals surface area contributed by atoms with Gasteiger partial charge in [-0.3, -0.25) is 0 Å². The Hall–Kier alpha value is -2.08. The first-order chi connectivity index (χ1) is 13.1. The number of carbonyl (C=O) groups is 1. The van der Waals surface area contributed by atoms with Crippen molar-refractivity contribution in [3.63, 3.8) is 0 Å². The molecule has 0 aliphatic carbocycles. The topological polar surface area (TPSA) is 94.6 Å². The third-order valence-corrected chi connectivity index (χ3v) is 3.24. The number of amides is 1. The van der Waals surface area contributed by atoms with Gasteiger partial charge in [0.25, 0.3) is 0 Å². The molecule has 1 rings (SSSR count). The van der Waals surface area contributed by atoms with Crippen LogP contribution in [0.4, 0.5) is 10.6 Å². The molecule has 156 valence electrons. The molecule has 1 atom stereocenters. The lowest BCUT2D eigenvalue weighted by atomic mass is 10.2. The minimum Gasteiger partial charge on any atom is -0.444 e. The van der Waals surface area contributed by atoms with E-state index in [1.807, 2.05) is 20.8 Å². The second-order valence-electron chi connectivity index (χ2n) is 6.84. The van der Waals surface area contributed by atoms with Crippen LogP contribution >= 0.6 is 11.6 Å². The maximum atomic E-state index is 11.8. The molecular formula is C19H29ClN4O4. The van der Waals surface area contributed by atoms with Gasteiger partial charge in [-0.1, -0.05) is 5.92 Å². The number of halogens is 1. The highest BCUT2D eigenvalue weighted by Crippen LogP contribution is 2.14. The second kappa shape index (κ2) is 11.7. The molecule has 2 N–H and O–H groups in total. The van der Waals surface area contributed by atoms with Crippen LogP contribution in [0.15, 0.2) is 6.20 Å². The number of carbonyl (C=O) groups excluding carboxylic acids is 1. The zero-order valence-electron chi connectivity index (χ0n) is 17.3.